The van der Waals surface area contributed by atoms with Gasteiger partial charge in [0.25, 0.3) is 5.91 Å². The van der Waals surface area contributed by atoms with E-state index in [1.165, 1.54) is 0 Å². The highest BCUT2D eigenvalue weighted by molar-refractivity contribution is 6.06. The lowest BCUT2D eigenvalue weighted by atomic mass is 10.1. The SMILES string of the molecule is CCCN(C(=O)c1cccc(C#N)c1)c1cccc(N)c1. The van der Waals surface area contributed by atoms with E-state index >= 15 is 0 Å². The van der Waals surface area contributed by atoms with Crippen molar-refractivity contribution in [3.05, 3.63) is 59.7 Å². The Morgan fingerprint density at radius 3 is 2.67 bits per heavy atom. The fourth-order valence-electron chi connectivity index (χ4n) is 2.14. The van der Waals surface area contributed by atoms with Gasteiger partial charge >= 0.3 is 0 Å². The summed E-state index contributed by atoms with van der Waals surface area (Å²) in [7, 11) is 0. The average molecular weight is 279 g/mol. The van der Waals surface area contributed by atoms with E-state index in [1.54, 1.807) is 41.3 Å². The number of nitrogens with two attached hydrogens (primary N) is 1. The first-order valence-electron chi connectivity index (χ1n) is 6.83. The summed E-state index contributed by atoms with van der Waals surface area (Å²) in [6, 6.07) is 16.0. The maximum atomic E-state index is 12.7. The molecule has 0 aliphatic heterocycles. The number of rotatable bonds is 4. The Kier molecular flexibility index (Phi) is 4.57. The van der Waals surface area contributed by atoms with Crippen molar-refractivity contribution in [1.82, 2.24) is 0 Å². The smallest absolute Gasteiger partial charge is 0.258 e. The number of nitriles is 1. The first-order chi connectivity index (χ1) is 10.2. The molecule has 106 valence electrons. The van der Waals surface area contributed by atoms with Gasteiger partial charge in [0.05, 0.1) is 11.6 Å². The molecular weight excluding hydrogens is 262 g/mol. The highest BCUT2D eigenvalue weighted by Crippen LogP contribution is 2.20. The molecule has 0 radical (unpaired) electrons. The number of hydrogen-bond donors (Lipinski definition) is 1. The van der Waals surface area contributed by atoms with Gasteiger partial charge in [0.1, 0.15) is 0 Å². The van der Waals surface area contributed by atoms with Crippen molar-refractivity contribution in [2.24, 2.45) is 0 Å². The van der Waals surface area contributed by atoms with E-state index in [9.17, 15) is 4.79 Å². The number of anilines is 2. The van der Waals surface area contributed by atoms with Crippen LogP contribution in [0.25, 0.3) is 0 Å². The molecule has 0 unspecified atom stereocenters. The van der Waals surface area contributed by atoms with E-state index in [2.05, 4.69) is 6.07 Å². The van der Waals surface area contributed by atoms with Crippen LogP contribution >= 0.6 is 0 Å². The van der Waals surface area contributed by atoms with Crippen LogP contribution < -0.4 is 10.6 Å². The van der Waals surface area contributed by atoms with E-state index in [-0.39, 0.29) is 5.91 Å². The Bertz CT molecular complexity index is 688. The van der Waals surface area contributed by atoms with Crippen LogP contribution in [0.5, 0.6) is 0 Å². The zero-order valence-electron chi connectivity index (χ0n) is 11.9. The third-order valence-corrected chi connectivity index (χ3v) is 3.11. The fraction of sp³-hybridized carbons (Fsp3) is 0.176. The summed E-state index contributed by atoms with van der Waals surface area (Å²) in [5.41, 5.74) is 8.16. The molecule has 0 saturated carbocycles. The molecule has 2 N–H and O–H groups in total. The van der Waals surface area contributed by atoms with E-state index in [0.717, 1.165) is 12.1 Å². The molecule has 0 aromatic heterocycles. The van der Waals surface area contributed by atoms with Crippen molar-refractivity contribution in [1.29, 1.82) is 5.26 Å². The van der Waals surface area contributed by atoms with E-state index < -0.39 is 0 Å². The second-order valence-electron chi connectivity index (χ2n) is 4.74. The molecule has 0 fully saturated rings. The lowest BCUT2D eigenvalue weighted by Gasteiger charge is -2.22. The van der Waals surface area contributed by atoms with Crippen LogP contribution in [0.1, 0.15) is 29.3 Å². The lowest BCUT2D eigenvalue weighted by molar-refractivity contribution is 0.0987. The molecule has 0 heterocycles. The summed E-state index contributed by atoms with van der Waals surface area (Å²) < 4.78 is 0. The van der Waals surface area contributed by atoms with Crippen molar-refractivity contribution in [2.75, 3.05) is 17.2 Å². The minimum atomic E-state index is -0.125. The minimum absolute atomic E-state index is 0.125. The first kappa shape index (κ1) is 14.6. The van der Waals surface area contributed by atoms with Crippen LogP contribution in [-0.2, 0) is 0 Å². The summed E-state index contributed by atoms with van der Waals surface area (Å²) >= 11 is 0. The Morgan fingerprint density at radius 2 is 2.00 bits per heavy atom. The summed E-state index contributed by atoms with van der Waals surface area (Å²) in [5, 5.41) is 8.95. The largest absolute Gasteiger partial charge is 0.399 e. The molecule has 2 aromatic carbocycles. The number of benzene rings is 2. The van der Waals surface area contributed by atoms with Crippen LogP contribution in [0.15, 0.2) is 48.5 Å². The minimum Gasteiger partial charge on any atom is -0.399 e. The number of carbonyl (C=O) groups excluding carboxylic acids is 1. The zero-order chi connectivity index (χ0) is 15.2. The van der Waals surface area contributed by atoms with Crippen LogP contribution in [0.3, 0.4) is 0 Å². The monoisotopic (exact) mass is 279 g/mol. The molecule has 0 saturated heterocycles. The van der Waals surface area contributed by atoms with Crippen LogP contribution in [0.2, 0.25) is 0 Å². The first-order valence-corrected chi connectivity index (χ1v) is 6.83. The van der Waals surface area contributed by atoms with Crippen molar-refractivity contribution in [2.45, 2.75) is 13.3 Å². The molecule has 2 aromatic rings. The maximum absolute atomic E-state index is 12.7. The van der Waals surface area contributed by atoms with E-state index in [4.69, 9.17) is 11.0 Å². The zero-order valence-corrected chi connectivity index (χ0v) is 11.9. The molecule has 0 spiro atoms. The fourth-order valence-corrected chi connectivity index (χ4v) is 2.14. The Morgan fingerprint density at radius 1 is 1.24 bits per heavy atom. The van der Waals surface area contributed by atoms with E-state index in [0.29, 0.717) is 23.4 Å². The highest BCUT2D eigenvalue weighted by Gasteiger charge is 2.17. The molecular formula is C17H17N3O. The molecule has 2 rings (SSSR count). The van der Waals surface area contributed by atoms with Crippen molar-refractivity contribution < 1.29 is 4.79 Å². The third kappa shape index (κ3) is 3.40. The quantitative estimate of drug-likeness (QED) is 0.874. The normalized spacial score (nSPS) is 9.90. The van der Waals surface area contributed by atoms with Gasteiger partial charge in [0.2, 0.25) is 0 Å². The molecule has 0 aliphatic carbocycles. The van der Waals surface area contributed by atoms with Crippen molar-refractivity contribution in [3.8, 4) is 6.07 Å². The second-order valence-corrected chi connectivity index (χ2v) is 4.74. The van der Waals surface area contributed by atoms with Gasteiger partial charge in [0.15, 0.2) is 0 Å². The summed E-state index contributed by atoms with van der Waals surface area (Å²) in [5.74, 6) is -0.125. The molecule has 4 nitrogen and oxygen atoms in total. The summed E-state index contributed by atoms with van der Waals surface area (Å²) in [6.07, 6.45) is 0.832. The number of nitrogen functional groups attached to an aromatic ring is 1. The van der Waals surface area contributed by atoms with E-state index in [1.807, 2.05) is 19.1 Å². The standard InChI is InChI=1S/C17H17N3O/c1-2-9-20(16-8-4-7-15(19)11-16)17(21)14-6-3-5-13(10-14)12-18/h3-8,10-11H,2,9,19H2,1H3. The van der Waals surface area contributed by atoms with Crippen molar-refractivity contribution >= 4 is 17.3 Å². The van der Waals surface area contributed by atoms with Gasteiger partial charge in [-0.2, -0.15) is 5.26 Å². The summed E-state index contributed by atoms with van der Waals surface area (Å²) in [4.78, 5) is 14.4. The molecule has 0 bridgehead atoms. The predicted octanol–water partition coefficient (Wildman–Crippen LogP) is 3.20. The Hall–Kier alpha value is -2.80. The summed E-state index contributed by atoms with van der Waals surface area (Å²) in [6.45, 7) is 2.61. The van der Waals surface area contributed by atoms with Gasteiger partial charge in [-0.3, -0.25) is 4.79 Å². The van der Waals surface area contributed by atoms with Gasteiger partial charge < -0.3 is 10.6 Å². The molecule has 4 heteroatoms. The van der Waals surface area contributed by atoms with Gasteiger partial charge in [-0.05, 0) is 42.8 Å². The predicted molar refractivity (Wildman–Crippen MR) is 84.0 cm³/mol. The number of hydrogen-bond acceptors (Lipinski definition) is 3. The number of carbonyl (C=O) groups is 1. The maximum Gasteiger partial charge on any atom is 0.258 e. The van der Waals surface area contributed by atoms with Crippen molar-refractivity contribution in [3.63, 3.8) is 0 Å². The van der Waals surface area contributed by atoms with Gasteiger partial charge in [-0.1, -0.05) is 19.1 Å². The molecule has 0 atom stereocenters. The average Bonchev–Trinajstić information content (AvgIpc) is 2.52. The molecule has 0 aliphatic rings. The van der Waals surface area contributed by atoms with Gasteiger partial charge in [-0.25, -0.2) is 0 Å². The topological polar surface area (TPSA) is 70.1 Å². The number of amides is 1. The Balaban J connectivity index is 2.38. The molecule has 21 heavy (non-hydrogen) atoms. The highest BCUT2D eigenvalue weighted by atomic mass is 16.2. The van der Waals surface area contributed by atoms with Crippen LogP contribution in [-0.4, -0.2) is 12.5 Å². The lowest BCUT2D eigenvalue weighted by Crippen LogP contribution is -2.31. The number of nitrogens with zero attached hydrogens (tertiary/aromatic N) is 2. The van der Waals surface area contributed by atoms with Gasteiger partial charge in [-0.15, -0.1) is 0 Å². The molecule has 1 amide bonds. The third-order valence-electron chi connectivity index (χ3n) is 3.11. The second kappa shape index (κ2) is 6.58. The van der Waals surface area contributed by atoms with Gasteiger partial charge in [0, 0.05) is 23.5 Å². The van der Waals surface area contributed by atoms with Crippen LogP contribution in [0, 0.1) is 11.3 Å². The Labute approximate surface area is 124 Å². The van der Waals surface area contributed by atoms with Crippen LogP contribution in [0.4, 0.5) is 11.4 Å².